The smallest absolute Gasteiger partial charge is 0.310 e. The predicted molar refractivity (Wildman–Crippen MR) is 68.8 cm³/mol. The molecule has 0 unspecified atom stereocenters. The summed E-state index contributed by atoms with van der Waals surface area (Å²) in [7, 11) is 1.66. The van der Waals surface area contributed by atoms with E-state index in [1.165, 1.54) is 0 Å². The van der Waals surface area contributed by atoms with Crippen molar-refractivity contribution >= 4 is 5.97 Å². The summed E-state index contributed by atoms with van der Waals surface area (Å²) in [6.45, 7) is 6.83. The lowest BCUT2D eigenvalue weighted by atomic mass is 10.1. The lowest BCUT2D eigenvalue weighted by molar-refractivity contribution is -0.142. The van der Waals surface area contributed by atoms with Crippen LogP contribution in [0.5, 0.6) is 0 Å². The highest BCUT2D eigenvalue weighted by molar-refractivity contribution is 5.72. The van der Waals surface area contributed by atoms with Crippen LogP contribution in [0, 0.1) is 0 Å². The van der Waals surface area contributed by atoms with Crippen molar-refractivity contribution < 1.29 is 14.3 Å². The molecule has 1 aromatic carbocycles. The molecule has 0 amide bonds. The molecule has 0 atom stereocenters. The van der Waals surface area contributed by atoms with Gasteiger partial charge in [0.1, 0.15) is 0 Å². The molecule has 3 nitrogen and oxygen atoms in total. The maximum absolute atomic E-state index is 11.2. The Morgan fingerprint density at radius 2 is 1.65 bits per heavy atom. The van der Waals surface area contributed by atoms with Crippen LogP contribution in [0.4, 0.5) is 0 Å². The Balaban J connectivity index is 0.00000121. The minimum Gasteiger partial charge on any atom is -0.466 e. The van der Waals surface area contributed by atoms with Crippen molar-refractivity contribution in [2.45, 2.75) is 33.8 Å². The second kappa shape index (κ2) is 9.85. The molecule has 0 aliphatic carbocycles. The lowest BCUT2D eigenvalue weighted by Gasteiger charge is -2.03. The number of esters is 1. The van der Waals surface area contributed by atoms with Crippen LogP contribution in [0.25, 0.3) is 0 Å². The summed E-state index contributed by atoms with van der Waals surface area (Å²) in [6, 6.07) is 7.76. The number of carbonyl (C=O) groups is 1. The van der Waals surface area contributed by atoms with Gasteiger partial charge in [-0.15, -0.1) is 0 Å². The van der Waals surface area contributed by atoms with Crippen LogP contribution in [0.15, 0.2) is 24.3 Å². The van der Waals surface area contributed by atoms with Gasteiger partial charge in [-0.25, -0.2) is 0 Å². The van der Waals surface area contributed by atoms with E-state index in [-0.39, 0.29) is 5.97 Å². The first-order valence-electron chi connectivity index (χ1n) is 5.98. The third kappa shape index (κ3) is 6.74. The van der Waals surface area contributed by atoms with Gasteiger partial charge in [0.05, 0.1) is 19.6 Å². The van der Waals surface area contributed by atoms with Gasteiger partial charge < -0.3 is 9.47 Å². The van der Waals surface area contributed by atoms with E-state index in [2.05, 4.69) is 0 Å². The normalized spacial score (nSPS) is 9.18. The maximum Gasteiger partial charge on any atom is 0.310 e. The van der Waals surface area contributed by atoms with Gasteiger partial charge in [-0.05, 0) is 18.1 Å². The van der Waals surface area contributed by atoms with Crippen molar-refractivity contribution in [3.8, 4) is 0 Å². The van der Waals surface area contributed by atoms with Gasteiger partial charge in [0.2, 0.25) is 0 Å². The van der Waals surface area contributed by atoms with Crippen LogP contribution in [-0.2, 0) is 27.3 Å². The third-order valence-electron chi connectivity index (χ3n) is 1.99. The summed E-state index contributed by atoms with van der Waals surface area (Å²) < 4.78 is 9.86. The first-order chi connectivity index (χ1) is 8.26. The minimum atomic E-state index is -0.183. The molecular formula is C14H22O3. The van der Waals surface area contributed by atoms with E-state index in [1.54, 1.807) is 14.0 Å². The van der Waals surface area contributed by atoms with Gasteiger partial charge in [0, 0.05) is 7.11 Å². The largest absolute Gasteiger partial charge is 0.466 e. The van der Waals surface area contributed by atoms with Gasteiger partial charge >= 0.3 is 5.97 Å². The number of benzene rings is 1. The minimum absolute atomic E-state index is 0.183. The summed E-state index contributed by atoms with van der Waals surface area (Å²) in [5.41, 5.74) is 2.07. The maximum atomic E-state index is 11.2. The van der Waals surface area contributed by atoms with Crippen molar-refractivity contribution in [3.05, 3.63) is 35.4 Å². The number of methoxy groups -OCH3 is 1. The van der Waals surface area contributed by atoms with Gasteiger partial charge in [-0.2, -0.15) is 0 Å². The number of carbonyl (C=O) groups excluding carboxylic acids is 1. The Bertz CT molecular complexity index is 304. The van der Waals surface area contributed by atoms with Crippen LogP contribution in [0.3, 0.4) is 0 Å². The highest BCUT2D eigenvalue weighted by Crippen LogP contribution is 2.06. The average Bonchev–Trinajstić information content (AvgIpc) is 2.35. The lowest BCUT2D eigenvalue weighted by Crippen LogP contribution is -2.07. The second-order valence-corrected chi connectivity index (χ2v) is 3.23. The van der Waals surface area contributed by atoms with Crippen LogP contribution < -0.4 is 0 Å². The zero-order valence-corrected chi connectivity index (χ0v) is 11.2. The van der Waals surface area contributed by atoms with E-state index in [0.717, 1.165) is 11.1 Å². The molecule has 1 rings (SSSR count). The molecule has 0 saturated carbocycles. The highest BCUT2D eigenvalue weighted by atomic mass is 16.5. The Hall–Kier alpha value is -1.35. The summed E-state index contributed by atoms with van der Waals surface area (Å²) in [5.74, 6) is -0.183. The number of hydrogen-bond donors (Lipinski definition) is 0. The third-order valence-corrected chi connectivity index (χ3v) is 1.99. The van der Waals surface area contributed by atoms with Crippen molar-refractivity contribution in [2.75, 3.05) is 13.7 Å². The molecular weight excluding hydrogens is 216 g/mol. The molecule has 0 N–H and O–H groups in total. The van der Waals surface area contributed by atoms with Gasteiger partial charge in [0.25, 0.3) is 0 Å². The van der Waals surface area contributed by atoms with Crippen molar-refractivity contribution in [1.82, 2.24) is 0 Å². The molecule has 1 aromatic rings. The molecule has 0 aliphatic heterocycles. The number of hydrogen-bond acceptors (Lipinski definition) is 3. The standard InChI is InChI=1S/C12H16O3.C2H6/c1-3-15-12(13)8-10-4-6-11(7-5-10)9-14-2;1-2/h4-7H,3,8-9H2,1-2H3;1-2H3. The van der Waals surface area contributed by atoms with E-state index in [1.807, 2.05) is 38.1 Å². The molecule has 0 aromatic heterocycles. The monoisotopic (exact) mass is 238 g/mol. The Morgan fingerprint density at radius 3 is 2.12 bits per heavy atom. The average molecular weight is 238 g/mol. The van der Waals surface area contributed by atoms with Gasteiger partial charge in [-0.3, -0.25) is 4.79 Å². The Kier molecular flexibility index (Phi) is 9.06. The molecule has 0 saturated heterocycles. The fourth-order valence-electron chi connectivity index (χ4n) is 1.30. The molecule has 0 aliphatic rings. The van der Waals surface area contributed by atoms with Gasteiger partial charge in [-0.1, -0.05) is 38.1 Å². The van der Waals surface area contributed by atoms with Crippen molar-refractivity contribution in [2.24, 2.45) is 0 Å². The van der Waals surface area contributed by atoms with Crippen molar-refractivity contribution in [1.29, 1.82) is 0 Å². The topological polar surface area (TPSA) is 35.5 Å². The van der Waals surface area contributed by atoms with Crippen LogP contribution in [0.1, 0.15) is 31.9 Å². The number of ether oxygens (including phenoxy) is 2. The quantitative estimate of drug-likeness (QED) is 0.740. The Morgan fingerprint density at radius 1 is 1.12 bits per heavy atom. The SMILES string of the molecule is CC.CCOC(=O)Cc1ccc(COC)cc1. The van der Waals surface area contributed by atoms with Gasteiger partial charge in [0.15, 0.2) is 0 Å². The molecule has 0 radical (unpaired) electrons. The molecule has 3 heteroatoms. The van der Waals surface area contributed by atoms with E-state index >= 15 is 0 Å². The first kappa shape index (κ1) is 15.7. The van der Waals surface area contributed by atoms with E-state index < -0.39 is 0 Å². The van der Waals surface area contributed by atoms with E-state index in [4.69, 9.17) is 9.47 Å². The zero-order valence-electron chi connectivity index (χ0n) is 11.2. The molecule has 0 heterocycles. The molecule has 17 heavy (non-hydrogen) atoms. The second-order valence-electron chi connectivity index (χ2n) is 3.23. The predicted octanol–water partition coefficient (Wildman–Crippen LogP) is 2.96. The summed E-state index contributed by atoms with van der Waals surface area (Å²) in [4.78, 5) is 11.2. The molecule has 96 valence electrons. The fourth-order valence-corrected chi connectivity index (χ4v) is 1.30. The molecule has 0 fully saturated rings. The van der Waals surface area contributed by atoms with Crippen LogP contribution >= 0.6 is 0 Å². The van der Waals surface area contributed by atoms with Crippen LogP contribution in [0.2, 0.25) is 0 Å². The molecule has 0 bridgehead atoms. The summed E-state index contributed by atoms with van der Waals surface area (Å²) >= 11 is 0. The van der Waals surface area contributed by atoms with E-state index in [9.17, 15) is 4.79 Å². The summed E-state index contributed by atoms with van der Waals surface area (Å²) in [5, 5.41) is 0. The van der Waals surface area contributed by atoms with E-state index in [0.29, 0.717) is 19.6 Å². The van der Waals surface area contributed by atoms with Crippen LogP contribution in [-0.4, -0.2) is 19.7 Å². The summed E-state index contributed by atoms with van der Waals surface area (Å²) in [6.07, 6.45) is 0.334. The number of rotatable bonds is 5. The molecule has 0 spiro atoms. The zero-order chi connectivity index (χ0) is 13.1. The highest BCUT2D eigenvalue weighted by Gasteiger charge is 2.03. The first-order valence-corrected chi connectivity index (χ1v) is 5.98. The van der Waals surface area contributed by atoms with Crippen molar-refractivity contribution in [3.63, 3.8) is 0 Å². The Labute approximate surface area is 104 Å². The fraction of sp³-hybridized carbons (Fsp3) is 0.500.